The first-order valence-corrected chi connectivity index (χ1v) is 5.77. The van der Waals surface area contributed by atoms with Gasteiger partial charge in [0.2, 0.25) is 0 Å². The van der Waals surface area contributed by atoms with Crippen LogP contribution in [0.15, 0.2) is 24.3 Å². The summed E-state index contributed by atoms with van der Waals surface area (Å²) in [6.45, 7) is 0. The Morgan fingerprint density at radius 1 is 1.46 bits per heavy atom. The Labute approximate surface area is 79.6 Å². The van der Waals surface area contributed by atoms with Crippen molar-refractivity contribution in [2.75, 3.05) is 7.11 Å². The summed E-state index contributed by atoms with van der Waals surface area (Å²) in [6, 6.07) is 6.13. The Kier molecular flexibility index (Phi) is 3.31. The molecule has 0 bridgehead atoms. The molecule has 0 saturated carbocycles. The third kappa shape index (κ3) is 2.21. The molecule has 0 spiro atoms. The molecule has 0 heterocycles. The Morgan fingerprint density at radius 2 is 2.08 bits per heavy atom. The molecule has 70 valence electrons. The second kappa shape index (κ2) is 4.28. The van der Waals surface area contributed by atoms with E-state index in [1.807, 2.05) is 0 Å². The fourth-order valence-corrected chi connectivity index (χ4v) is 2.02. The number of carbonyl (C=O) groups excluding carboxylic acids is 1. The van der Waals surface area contributed by atoms with E-state index in [1.54, 1.807) is 12.1 Å². The van der Waals surface area contributed by atoms with Crippen molar-refractivity contribution in [1.29, 1.82) is 0 Å². The minimum absolute atomic E-state index is 0.160. The van der Waals surface area contributed by atoms with Crippen LogP contribution in [0.4, 0.5) is 0 Å². The zero-order valence-corrected chi connectivity index (χ0v) is 8.60. The van der Waals surface area contributed by atoms with Crippen LogP contribution in [0.25, 0.3) is 0 Å². The van der Waals surface area contributed by atoms with Crippen LogP contribution in [-0.4, -0.2) is 31.4 Å². The molecule has 1 aromatic rings. The van der Waals surface area contributed by atoms with E-state index in [0.717, 1.165) is 0 Å². The van der Waals surface area contributed by atoms with E-state index in [-0.39, 0.29) is 10.0 Å². The summed E-state index contributed by atoms with van der Waals surface area (Å²) in [5, 5.41) is 0. The summed E-state index contributed by atoms with van der Waals surface area (Å²) in [5.41, 5.74) is 0.160. The van der Waals surface area contributed by atoms with E-state index < -0.39 is 20.1 Å². The predicted molar refractivity (Wildman–Crippen MR) is 46.1 cm³/mol. The summed E-state index contributed by atoms with van der Waals surface area (Å²) in [4.78, 5) is 11.1. The SMILES string of the molecule is COC(=O)c1ccccc1[Se](=O)O. The topological polar surface area (TPSA) is 63.6 Å². The average molecular weight is 247 g/mol. The van der Waals surface area contributed by atoms with E-state index in [1.165, 1.54) is 19.2 Å². The van der Waals surface area contributed by atoms with E-state index in [9.17, 15) is 8.63 Å². The Hall–Kier alpha value is -1.03. The summed E-state index contributed by atoms with van der Waals surface area (Å²) in [5.74, 6) is -0.589. The number of rotatable bonds is 2. The monoisotopic (exact) mass is 248 g/mol. The molecule has 1 rings (SSSR count). The van der Waals surface area contributed by atoms with Gasteiger partial charge >= 0.3 is 79.1 Å². The van der Waals surface area contributed by atoms with Crippen molar-refractivity contribution in [3.8, 4) is 0 Å². The zero-order chi connectivity index (χ0) is 9.84. The molecule has 1 atom stereocenters. The van der Waals surface area contributed by atoms with Gasteiger partial charge in [0.25, 0.3) is 0 Å². The third-order valence-corrected chi connectivity index (χ3v) is 3.02. The van der Waals surface area contributed by atoms with Crippen LogP contribution in [0.3, 0.4) is 0 Å². The molecule has 0 saturated heterocycles. The first-order chi connectivity index (χ1) is 6.16. The number of esters is 1. The van der Waals surface area contributed by atoms with Crippen molar-refractivity contribution in [3.63, 3.8) is 0 Å². The van der Waals surface area contributed by atoms with E-state index in [0.29, 0.717) is 0 Å². The molecule has 0 aliphatic heterocycles. The van der Waals surface area contributed by atoms with Crippen LogP contribution in [0.2, 0.25) is 0 Å². The standard InChI is InChI=1S/C8H8O4Se/c1-12-8(9)6-4-2-3-5-7(6)13(10)11/h2-5H,1H3,(H,10,11). The molecule has 0 aromatic heterocycles. The Balaban J connectivity index is 3.19. The summed E-state index contributed by atoms with van der Waals surface area (Å²) in [6.07, 6.45) is 0. The zero-order valence-electron chi connectivity index (χ0n) is 6.89. The molecule has 1 N–H and O–H groups in total. The van der Waals surface area contributed by atoms with Crippen LogP contribution in [0, 0.1) is 0 Å². The maximum atomic E-state index is 11.1. The van der Waals surface area contributed by atoms with Crippen LogP contribution in [-0.2, 0) is 8.57 Å². The predicted octanol–water partition coefficient (Wildman–Crippen LogP) is -0.409. The molecule has 0 aliphatic rings. The summed E-state index contributed by atoms with van der Waals surface area (Å²) in [7, 11) is 1.23. The first kappa shape index (κ1) is 10.1. The van der Waals surface area contributed by atoms with Gasteiger partial charge < -0.3 is 0 Å². The molecule has 1 aromatic carbocycles. The van der Waals surface area contributed by atoms with Crippen molar-refractivity contribution in [2.45, 2.75) is 0 Å². The van der Waals surface area contributed by atoms with E-state index in [2.05, 4.69) is 4.74 Å². The van der Waals surface area contributed by atoms with Gasteiger partial charge in [-0.1, -0.05) is 0 Å². The fourth-order valence-electron chi connectivity index (χ4n) is 0.898. The van der Waals surface area contributed by atoms with Crippen LogP contribution in [0.5, 0.6) is 0 Å². The molecule has 1 unspecified atom stereocenters. The maximum absolute atomic E-state index is 11.1. The van der Waals surface area contributed by atoms with E-state index >= 15 is 0 Å². The number of benzene rings is 1. The summed E-state index contributed by atoms with van der Waals surface area (Å²) < 4.78 is 24.4. The summed E-state index contributed by atoms with van der Waals surface area (Å²) >= 11 is -3.06. The molecule has 0 radical (unpaired) electrons. The number of hydrogen-bond donors (Lipinski definition) is 1. The second-order valence-corrected chi connectivity index (χ2v) is 4.21. The van der Waals surface area contributed by atoms with Gasteiger partial charge in [-0.15, -0.1) is 0 Å². The van der Waals surface area contributed by atoms with Gasteiger partial charge in [0.15, 0.2) is 0 Å². The van der Waals surface area contributed by atoms with Crippen molar-refractivity contribution >= 4 is 24.6 Å². The number of ether oxygens (including phenoxy) is 1. The van der Waals surface area contributed by atoms with Crippen molar-refractivity contribution in [3.05, 3.63) is 29.8 Å². The van der Waals surface area contributed by atoms with Gasteiger partial charge in [-0.25, -0.2) is 0 Å². The quantitative estimate of drug-likeness (QED) is 0.570. The normalized spacial score (nSPS) is 12.2. The van der Waals surface area contributed by atoms with Gasteiger partial charge in [0.05, 0.1) is 0 Å². The fraction of sp³-hybridized carbons (Fsp3) is 0.125. The molecular weight excluding hydrogens is 239 g/mol. The van der Waals surface area contributed by atoms with Gasteiger partial charge in [0.1, 0.15) is 0 Å². The van der Waals surface area contributed by atoms with Crippen molar-refractivity contribution in [2.24, 2.45) is 0 Å². The first-order valence-electron chi connectivity index (χ1n) is 3.45. The van der Waals surface area contributed by atoms with Crippen molar-refractivity contribution < 1.29 is 17.6 Å². The molecule has 0 amide bonds. The average Bonchev–Trinajstić information content (AvgIpc) is 2.16. The van der Waals surface area contributed by atoms with E-state index in [4.69, 9.17) is 4.19 Å². The van der Waals surface area contributed by atoms with Gasteiger partial charge in [-0.2, -0.15) is 0 Å². The number of methoxy groups -OCH3 is 1. The van der Waals surface area contributed by atoms with Crippen LogP contribution >= 0.6 is 0 Å². The van der Waals surface area contributed by atoms with Gasteiger partial charge in [0, 0.05) is 0 Å². The molecule has 4 nitrogen and oxygen atoms in total. The Bertz CT molecular complexity index is 348. The molecular formula is C8H8O4Se. The second-order valence-electron chi connectivity index (χ2n) is 2.24. The van der Waals surface area contributed by atoms with Gasteiger partial charge in [-0.05, 0) is 0 Å². The van der Waals surface area contributed by atoms with Crippen LogP contribution < -0.4 is 4.46 Å². The van der Waals surface area contributed by atoms with Gasteiger partial charge in [-0.3, -0.25) is 0 Å². The molecule has 0 fully saturated rings. The van der Waals surface area contributed by atoms with Crippen molar-refractivity contribution in [1.82, 2.24) is 0 Å². The minimum atomic E-state index is -3.06. The number of carbonyl (C=O) groups is 1. The molecule has 0 aliphatic carbocycles. The van der Waals surface area contributed by atoms with Crippen LogP contribution in [0.1, 0.15) is 10.4 Å². The molecule has 5 heteroatoms. The molecule has 13 heavy (non-hydrogen) atoms. The third-order valence-electron chi connectivity index (χ3n) is 1.48. The Morgan fingerprint density at radius 3 is 2.62 bits per heavy atom. The number of hydrogen-bond acceptors (Lipinski definition) is 3.